The number of rotatable bonds is 3. The van der Waals surface area contributed by atoms with Gasteiger partial charge < -0.3 is 0 Å². The van der Waals surface area contributed by atoms with E-state index in [0.717, 1.165) is 6.92 Å². The molecule has 1 rings (SSSR count). The average molecular weight is 199 g/mol. The van der Waals surface area contributed by atoms with Crippen molar-refractivity contribution in [3.8, 4) is 0 Å². The molecule has 0 radical (unpaired) electrons. The second-order valence-electron chi connectivity index (χ2n) is 3.48. The van der Waals surface area contributed by atoms with Crippen molar-refractivity contribution in [3.05, 3.63) is 0 Å². The second kappa shape index (κ2) is 2.38. The molecular formula is C6H11F2NO2S. The normalized spacial score (nSPS) is 22.3. The topological polar surface area (TPSA) is 60.2 Å². The maximum absolute atomic E-state index is 12.8. The third-order valence-electron chi connectivity index (χ3n) is 2.26. The molecule has 72 valence electrons. The van der Waals surface area contributed by atoms with Crippen molar-refractivity contribution in [2.45, 2.75) is 25.7 Å². The number of primary sulfonamides is 1. The molecule has 0 saturated heterocycles. The molecule has 1 aliphatic rings. The van der Waals surface area contributed by atoms with Crippen molar-refractivity contribution in [2.75, 3.05) is 5.75 Å². The average Bonchev–Trinajstić information content (AvgIpc) is 2.39. The lowest BCUT2D eigenvalue weighted by Crippen LogP contribution is -2.35. The van der Waals surface area contributed by atoms with E-state index < -0.39 is 27.1 Å². The zero-order valence-corrected chi connectivity index (χ0v) is 7.50. The molecule has 1 saturated carbocycles. The Morgan fingerprint density at radius 1 is 1.50 bits per heavy atom. The van der Waals surface area contributed by atoms with Crippen LogP contribution in [0.1, 0.15) is 19.8 Å². The highest BCUT2D eigenvalue weighted by Gasteiger charge is 2.60. The zero-order chi connectivity index (χ0) is 9.62. The molecule has 0 aromatic heterocycles. The lowest BCUT2D eigenvalue weighted by Gasteiger charge is -2.21. The predicted octanol–water partition coefficient (Wildman–Crippen LogP) is 0.710. The molecule has 0 spiro atoms. The molecule has 0 unspecified atom stereocenters. The minimum absolute atomic E-state index is 0.243. The van der Waals surface area contributed by atoms with Gasteiger partial charge in [-0.2, -0.15) is 0 Å². The van der Waals surface area contributed by atoms with Crippen LogP contribution in [0.2, 0.25) is 0 Å². The van der Waals surface area contributed by atoms with E-state index in [2.05, 4.69) is 0 Å². The van der Waals surface area contributed by atoms with E-state index in [9.17, 15) is 17.2 Å². The van der Waals surface area contributed by atoms with Crippen molar-refractivity contribution in [1.29, 1.82) is 0 Å². The van der Waals surface area contributed by atoms with Gasteiger partial charge in [0.25, 0.3) is 5.92 Å². The summed E-state index contributed by atoms with van der Waals surface area (Å²) in [7, 11) is -3.78. The van der Waals surface area contributed by atoms with Crippen molar-refractivity contribution in [3.63, 3.8) is 0 Å². The molecule has 0 bridgehead atoms. The molecule has 1 fully saturated rings. The standard InChI is InChI=1S/C6H11F2NO2S/c1-5(7,8)6(2-3-6)4-12(9,10)11/h2-4H2,1H3,(H2,9,10,11). The number of hydrogen-bond acceptors (Lipinski definition) is 2. The smallest absolute Gasteiger partial charge is 0.229 e. The third kappa shape index (κ3) is 1.92. The van der Waals surface area contributed by atoms with Gasteiger partial charge in [-0.25, -0.2) is 22.3 Å². The fourth-order valence-corrected chi connectivity index (χ4v) is 2.56. The molecule has 6 heteroatoms. The summed E-state index contributed by atoms with van der Waals surface area (Å²) in [6, 6.07) is 0. The van der Waals surface area contributed by atoms with E-state index in [1.165, 1.54) is 0 Å². The van der Waals surface area contributed by atoms with Gasteiger partial charge in [0.1, 0.15) is 0 Å². The van der Waals surface area contributed by atoms with Crippen LogP contribution in [0.3, 0.4) is 0 Å². The monoisotopic (exact) mass is 199 g/mol. The number of halogens is 2. The van der Waals surface area contributed by atoms with Crippen LogP contribution in [0.5, 0.6) is 0 Å². The molecule has 0 aromatic carbocycles. The molecule has 0 aromatic rings. The van der Waals surface area contributed by atoms with Gasteiger partial charge in [-0.05, 0) is 19.8 Å². The Balaban J connectivity index is 2.76. The van der Waals surface area contributed by atoms with Gasteiger partial charge in [-0.3, -0.25) is 0 Å². The predicted molar refractivity (Wildman–Crippen MR) is 40.3 cm³/mol. The third-order valence-corrected chi connectivity index (χ3v) is 3.22. The number of hydrogen-bond donors (Lipinski definition) is 1. The van der Waals surface area contributed by atoms with Crippen LogP contribution in [0, 0.1) is 5.41 Å². The molecule has 2 N–H and O–H groups in total. The van der Waals surface area contributed by atoms with Crippen molar-refractivity contribution in [1.82, 2.24) is 0 Å². The molecule has 0 heterocycles. The van der Waals surface area contributed by atoms with Gasteiger partial charge in [-0.1, -0.05) is 0 Å². The van der Waals surface area contributed by atoms with E-state index in [1.54, 1.807) is 0 Å². The van der Waals surface area contributed by atoms with Crippen LogP contribution in [0.15, 0.2) is 0 Å². The lowest BCUT2D eigenvalue weighted by molar-refractivity contribution is -0.0447. The van der Waals surface area contributed by atoms with Crippen LogP contribution in [-0.2, 0) is 10.0 Å². The molecule has 3 nitrogen and oxygen atoms in total. The summed E-state index contributed by atoms with van der Waals surface area (Å²) < 4.78 is 46.7. The van der Waals surface area contributed by atoms with Crippen molar-refractivity contribution in [2.24, 2.45) is 10.6 Å². The summed E-state index contributed by atoms with van der Waals surface area (Å²) in [5.41, 5.74) is -1.37. The van der Waals surface area contributed by atoms with Gasteiger partial charge in [0.05, 0.1) is 5.75 Å². The fourth-order valence-electron chi connectivity index (χ4n) is 1.25. The Morgan fingerprint density at radius 3 is 2.00 bits per heavy atom. The first kappa shape index (κ1) is 9.85. The number of alkyl halides is 2. The van der Waals surface area contributed by atoms with E-state index in [-0.39, 0.29) is 12.8 Å². The van der Waals surface area contributed by atoms with Gasteiger partial charge in [0, 0.05) is 5.41 Å². The highest BCUT2D eigenvalue weighted by molar-refractivity contribution is 7.89. The van der Waals surface area contributed by atoms with E-state index in [1.807, 2.05) is 0 Å². The quantitative estimate of drug-likeness (QED) is 0.727. The summed E-state index contributed by atoms with van der Waals surface area (Å²) in [4.78, 5) is 0. The first-order valence-corrected chi connectivity index (χ1v) is 5.26. The first-order valence-electron chi connectivity index (χ1n) is 3.55. The van der Waals surface area contributed by atoms with Crippen molar-refractivity contribution < 1.29 is 17.2 Å². The van der Waals surface area contributed by atoms with Crippen LogP contribution in [0.4, 0.5) is 8.78 Å². The summed E-state index contributed by atoms with van der Waals surface area (Å²) in [5.74, 6) is -3.55. The molecule has 12 heavy (non-hydrogen) atoms. The van der Waals surface area contributed by atoms with Gasteiger partial charge in [-0.15, -0.1) is 0 Å². The minimum Gasteiger partial charge on any atom is -0.229 e. The van der Waals surface area contributed by atoms with Crippen LogP contribution >= 0.6 is 0 Å². The van der Waals surface area contributed by atoms with Gasteiger partial charge in [0.15, 0.2) is 0 Å². The largest absolute Gasteiger partial charge is 0.251 e. The molecule has 0 atom stereocenters. The zero-order valence-electron chi connectivity index (χ0n) is 6.68. The van der Waals surface area contributed by atoms with Crippen LogP contribution in [0.25, 0.3) is 0 Å². The summed E-state index contributed by atoms with van der Waals surface area (Å²) >= 11 is 0. The highest BCUT2D eigenvalue weighted by atomic mass is 32.2. The van der Waals surface area contributed by atoms with Crippen LogP contribution in [-0.4, -0.2) is 20.1 Å². The molecule has 1 aliphatic carbocycles. The van der Waals surface area contributed by atoms with Crippen LogP contribution < -0.4 is 5.14 Å². The Hall–Kier alpha value is -0.230. The van der Waals surface area contributed by atoms with Gasteiger partial charge >= 0.3 is 0 Å². The Labute approximate surface area is 70.0 Å². The molecule has 0 aliphatic heterocycles. The Morgan fingerprint density at radius 2 is 1.92 bits per heavy atom. The van der Waals surface area contributed by atoms with E-state index in [4.69, 9.17) is 5.14 Å². The summed E-state index contributed by atoms with van der Waals surface area (Å²) in [6.07, 6.45) is 0.486. The lowest BCUT2D eigenvalue weighted by atomic mass is 10.0. The summed E-state index contributed by atoms with van der Waals surface area (Å²) in [6.45, 7) is 0.741. The number of nitrogens with two attached hydrogens (primary N) is 1. The Bertz CT molecular complexity index is 276. The second-order valence-corrected chi connectivity index (χ2v) is 5.09. The Kier molecular flexibility index (Phi) is 1.96. The maximum atomic E-state index is 12.8. The minimum atomic E-state index is -3.78. The van der Waals surface area contributed by atoms with Crippen molar-refractivity contribution >= 4 is 10.0 Å². The maximum Gasteiger partial charge on any atom is 0.251 e. The summed E-state index contributed by atoms with van der Waals surface area (Å²) in [5, 5.41) is 4.70. The number of sulfonamides is 1. The van der Waals surface area contributed by atoms with E-state index >= 15 is 0 Å². The molecular weight excluding hydrogens is 188 g/mol. The SMILES string of the molecule is CC(F)(F)C1(CS(N)(=O)=O)CC1. The highest BCUT2D eigenvalue weighted by Crippen LogP contribution is 2.57. The van der Waals surface area contributed by atoms with Gasteiger partial charge in [0.2, 0.25) is 10.0 Å². The fraction of sp³-hybridized carbons (Fsp3) is 1.00. The molecule has 0 amide bonds. The van der Waals surface area contributed by atoms with E-state index in [0.29, 0.717) is 0 Å². The first-order chi connectivity index (χ1) is 5.16.